The molecular formula is C15H8F4N2O. The molecule has 1 amide bonds. The third kappa shape index (κ3) is 2.91. The van der Waals surface area contributed by atoms with Gasteiger partial charge in [0.1, 0.15) is 5.82 Å². The van der Waals surface area contributed by atoms with Crippen LogP contribution < -0.4 is 5.73 Å². The zero-order valence-corrected chi connectivity index (χ0v) is 10.9. The highest BCUT2D eigenvalue weighted by Crippen LogP contribution is 2.39. The van der Waals surface area contributed by atoms with E-state index in [1.807, 2.05) is 0 Å². The van der Waals surface area contributed by atoms with E-state index in [0.29, 0.717) is 0 Å². The SMILES string of the molecule is [C-]#[N+]c1ccc(-c2ccc(F)cc2C(N)=O)cc1C(F)(F)F. The maximum absolute atomic E-state index is 13.2. The van der Waals surface area contributed by atoms with Crippen LogP contribution in [0.15, 0.2) is 36.4 Å². The second kappa shape index (κ2) is 5.48. The molecule has 22 heavy (non-hydrogen) atoms. The molecule has 0 bridgehead atoms. The number of hydrogen-bond acceptors (Lipinski definition) is 1. The Morgan fingerprint density at radius 2 is 1.82 bits per heavy atom. The summed E-state index contributed by atoms with van der Waals surface area (Å²) in [5.41, 5.74) is 3.30. The molecule has 2 aromatic carbocycles. The minimum Gasteiger partial charge on any atom is -0.366 e. The third-order valence-corrected chi connectivity index (χ3v) is 2.98. The first-order valence-electron chi connectivity index (χ1n) is 5.92. The number of primary amides is 1. The highest BCUT2D eigenvalue weighted by Gasteiger charge is 2.33. The van der Waals surface area contributed by atoms with E-state index >= 15 is 0 Å². The minimum atomic E-state index is -4.72. The molecule has 0 spiro atoms. The third-order valence-electron chi connectivity index (χ3n) is 2.98. The Hall–Kier alpha value is -2.88. The summed E-state index contributed by atoms with van der Waals surface area (Å²) in [5, 5.41) is 0. The molecule has 0 saturated heterocycles. The number of carbonyl (C=O) groups is 1. The lowest BCUT2D eigenvalue weighted by Crippen LogP contribution is -2.13. The summed E-state index contributed by atoms with van der Waals surface area (Å²) < 4.78 is 52.1. The van der Waals surface area contributed by atoms with Crippen molar-refractivity contribution in [3.63, 3.8) is 0 Å². The number of halogens is 4. The molecule has 112 valence electrons. The van der Waals surface area contributed by atoms with Crippen LogP contribution in [0.25, 0.3) is 16.0 Å². The molecule has 0 atom stereocenters. The maximum Gasteiger partial charge on any atom is 0.407 e. The standard InChI is InChI=1S/C15H8F4N2O/c1-21-13-5-2-8(6-12(13)15(17,18)19)10-4-3-9(16)7-11(10)14(20)22/h2-7H,(H2,20,22). The number of rotatable bonds is 2. The Morgan fingerprint density at radius 1 is 1.14 bits per heavy atom. The van der Waals surface area contributed by atoms with Crippen molar-refractivity contribution in [3.05, 3.63) is 64.8 Å². The number of amides is 1. The quantitative estimate of drug-likeness (QED) is 0.657. The normalized spacial score (nSPS) is 11.0. The van der Waals surface area contributed by atoms with Crippen LogP contribution >= 0.6 is 0 Å². The molecule has 2 N–H and O–H groups in total. The Labute approximate surface area is 122 Å². The molecular weight excluding hydrogens is 300 g/mol. The van der Waals surface area contributed by atoms with Gasteiger partial charge in [-0.05, 0) is 23.3 Å². The first-order valence-corrected chi connectivity index (χ1v) is 5.92. The molecule has 0 aliphatic carbocycles. The highest BCUT2D eigenvalue weighted by molar-refractivity contribution is 6.00. The summed E-state index contributed by atoms with van der Waals surface area (Å²) in [7, 11) is 0. The topological polar surface area (TPSA) is 47.5 Å². The Morgan fingerprint density at radius 3 is 2.36 bits per heavy atom. The lowest BCUT2D eigenvalue weighted by Gasteiger charge is -2.13. The van der Waals surface area contributed by atoms with Crippen LogP contribution in [0.2, 0.25) is 0 Å². The smallest absolute Gasteiger partial charge is 0.366 e. The first kappa shape index (κ1) is 15.5. The van der Waals surface area contributed by atoms with E-state index in [0.717, 1.165) is 24.3 Å². The van der Waals surface area contributed by atoms with E-state index in [4.69, 9.17) is 12.3 Å². The predicted molar refractivity (Wildman–Crippen MR) is 71.6 cm³/mol. The number of benzene rings is 2. The van der Waals surface area contributed by atoms with Gasteiger partial charge in [0, 0.05) is 5.56 Å². The lowest BCUT2D eigenvalue weighted by molar-refractivity contribution is -0.136. The van der Waals surface area contributed by atoms with Crippen LogP contribution in [0.3, 0.4) is 0 Å². The number of carbonyl (C=O) groups excluding carboxylic acids is 1. The molecule has 0 saturated carbocycles. The van der Waals surface area contributed by atoms with Crippen molar-refractivity contribution >= 4 is 11.6 Å². The van der Waals surface area contributed by atoms with Crippen molar-refractivity contribution in [1.29, 1.82) is 0 Å². The van der Waals surface area contributed by atoms with Crippen molar-refractivity contribution in [3.8, 4) is 11.1 Å². The van der Waals surface area contributed by atoms with Crippen molar-refractivity contribution in [1.82, 2.24) is 0 Å². The fraction of sp³-hybridized carbons (Fsp3) is 0.0667. The van der Waals surface area contributed by atoms with Gasteiger partial charge in [-0.1, -0.05) is 24.3 Å². The molecule has 0 radical (unpaired) electrons. The Bertz CT molecular complexity index is 791. The molecule has 0 unspecified atom stereocenters. The molecule has 0 aromatic heterocycles. The predicted octanol–water partition coefficient (Wildman–Crippen LogP) is 4.16. The Kier molecular flexibility index (Phi) is 3.87. The summed E-state index contributed by atoms with van der Waals surface area (Å²) in [6, 6.07) is 6.03. The fourth-order valence-electron chi connectivity index (χ4n) is 2.00. The van der Waals surface area contributed by atoms with Gasteiger partial charge >= 0.3 is 6.18 Å². The molecule has 0 heterocycles. The van der Waals surface area contributed by atoms with Crippen LogP contribution in [-0.4, -0.2) is 5.91 Å². The lowest BCUT2D eigenvalue weighted by atomic mass is 9.96. The van der Waals surface area contributed by atoms with E-state index in [1.165, 1.54) is 12.1 Å². The van der Waals surface area contributed by atoms with Crippen LogP contribution in [0.5, 0.6) is 0 Å². The largest absolute Gasteiger partial charge is 0.407 e. The molecule has 0 aliphatic rings. The summed E-state index contributed by atoms with van der Waals surface area (Å²) in [4.78, 5) is 14.2. The zero-order chi connectivity index (χ0) is 16.5. The average Bonchev–Trinajstić information content (AvgIpc) is 2.45. The van der Waals surface area contributed by atoms with Gasteiger partial charge in [0.25, 0.3) is 0 Å². The van der Waals surface area contributed by atoms with Crippen LogP contribution in [0.1, 0.15) is 15.9 Å². The summed E-state index contributed by atoms with van der Waals surface area (Å²) >= 11 is 0. The summed E-state index contributed by atoms with van der Waals surface area (Å²) in [6.45, 7) is 6.78. The summed E-state index contributed by atoms with van der Waals surface area (Å²) in [5.74, 6) is -1.69. The average molecular weight is 308 g/mol. The van der Waals surface area contributed by atoms with Gasteiger partial charge in [-0.15, -0.1) is 0 Å². The van der Waals surface area contributed by atoms with Gasteiger partial charge < -0.3 is 5.73 Å². The van der Waals surface area contributed by atoms with Crippen LogP contribution in [0.4, 0.5) is 23.2 Å². The molecule has 7 heteroatoms. The molecule has 0 fully saturated rings. The van der Waals surface area contributed by atoms with Gasteiger partial charge in [0.2, 0.25) is 5.91 Å². The van der Waals surface area contributed by atoms with E-state index in [9.17, 15) is 22.4 Å². The van der Waals surface area contributed by atoms with Crippen molar-refractivity contribution in [2.45, 2.75) is 6.18 Å². The van der Waals surface area contributed by atoms with Crippen LogP contribution in [0, 0.1) is 12.4 Å². The second-order valence-corrected chi connectivity index (χ2v) is 4.40. The number of nitrogens with two attached hydrogens (primary N) is 1. The highest BCUT2D eigenvalue weighted by atomic mass is 19.4. The zero-order valence-electron chi connectivity index (χ0n) is 10.9. The van der Waals surface area contributed by atoms with E-state index < -0.39 is 29.2 Å². The van der Waals surface area contributed by atoms with E-state index in [-0.39, 0.29) is 16.7 Å². The van der Waals surface area contributed by atoms with Crippen molar-refractivity contribution < 1.29 is 22.4 Å². The number of hydrogen-bond donors (Lipinski definition) is 1. The molecule has 0 aliphatic heterocycles. The fourth-order valence-corrected chi connectivity index (χ4v) is 2.00. The maximum atomic E-state index is 13.2. The second-order valence-electron chi connectivity index (χ2n) is 4.40. The van der Waals surface area contributed by atoms with Crippen molar-refractivity contribution in [2.24, 2.45) is 5.73 Å². The van der Waals surface area contributed by atoms with Crippen molar-refractivity contribution in [2.75, 3.05) is 0 Å². The minimum absolute atomic E-state index is 0.0218. The molecule has 2 aromatic rings. The Balaban J connectivity index is 2.70. The van der Waals surface area contributed by atoms with Crippen LogP contribution in [-0.2, 0) is 6.18 Å². The van der Waals surface area contributed by atoms with E-state index in [1.54, 1.807) is 0 Å². The van der Waals surface area contributed by atoms with Gasteiger partial charge in [0.15, 0.2) is 5.69 Å². The molecule has 3 nitrogen and oxygen atoms in total. The number of alkyl halides is 3. The molecule has 2 rings (SSSR count). The van der Waals surface area contributed by atoms with E-state index in [2.05, 4.69) is 4.85 Å². The monoisotopic (exact) mass is 308 g/mol. The first-order chi connectivity index (χ1) is 10.2. The summed E-state index contributed by atoms with van der Waals surface area (Å²) in [6.07, 6.45) is -4.72. The number of nitrogens with zero attached hydrogens (tertiary/aromatic N) is 1. The van der Waals surface area contributed by atoms with Gasteiger partial charge in [-0.3, -0.25) is 4.79 Å². The van der Waals surface area contributed by atoms with Gasteiger partial charge in [0.05, 0.1) is 12.1 Å². The van der Waals surface area contributed by atoms with Gasteiger partial charge in [-0.25, -0.2) is 9.24 Å². The van der Waals surface area contributed by atoms with Gasteiger partial charge in [-0.2, -0.15) is 13.2 Å².